The molecule has 1 amide bonds. The molecule has 5 heteroatoms. The van der Waals surface area contributed by atoms with Gasteiger partial charge < -0.3 is 14.2 Å². The van der Waals surface area contributed by atoms with Crippen molar-refractivity contribution in [2.45, 2.75) is 18.4 Å². The molecule has 36 heavy (non-hydrogen) atoms. The number of anilines is 1. The van der Waals surface area contributed by atoms with Crippen LogP contribution in [0.15, 0.2) is 91.0 Å². The van der Waals surface area contributed by atoms with Crippen LogP contribution in [0.5, 0.6) is 17.2 Å². The van der Waals surface area contributed by atoms with Crippen LogP contribution < -0.4 is 19.1 Å². The van der Waals surface area contributed by atoms with Gasteiger partial charge in [-0.05, 0) is 35.7 Å². The van der Waals surface area contributed by atoms with Crippen LogP contribution in [0.2, 0.25) is 0 Å². The summed E-state index contributed by atoms with van der Waals surface area (Å²) in [5.41, 5.74) is 4.99. The zero-order valence-electron chi connectivity index (χ0n) is 19.9. The molecule has 5 nitrogen and oxygen atoms in total. The van der Waals surface area contributed by atoms with Gasteiger partial charge in [0, 0.05) is 17.3 Å². The standard InChI is InChI=1S/C31H25NO4/c1-20-12-13-25-23(16-20)31(19-36-26-18-28-27(17-24(26)31)34-14-15-35-28)30(33)32(25)29(21-8-4-2-5-9-21)22-10-6-3-7-11-22/h2-13,16-18,29H,14-15,19H2,1H3. The molecule has 7 rings (SSSR count). The Morgan fingerprint density at radius 2 is 1.36 bits per heavy atom. The fourth-order valence-corrected chi connectivity index (χ4v) is 5.84. The van der Waals surface area contributed by atoms with Crippen LogP contribution >= 0.6 is 0 Å². The lowest BCUT2D eigenvalue weighted by Crippen LogP contribution is -2.44. The smallest absolute Gasteiger partial charge is 0.246 e. The predicted molar refractivity (Wildman–Crippen MR) is 137 cm³/mol. The van der Waals surface area contributed by atoms with E-state index in [1.165, 1.54) is 0 Å². The third-order valence-corrected chi connectivity index (χ3v) is 7.49. The summed E-state index contributed by atoms with van der Waals surface area (Å²) >= 11 is 0. The molecular weight excluding hydrogens is 450 g/mol. The van der Waals surface area contributed by atoms with E-state index in [9.17, 15) is 4.79 Å². The first kappa shape index (κ1) is 21.1. The van der Waals surface area contributed by atoms with Crippen molar-refractivity contribution in [2.75, 3.05) is 24.7 Å². The maximum absolute atomic E-state index is 14.8. The predicted octanol–water partition coefficient (Wildman–Crippen LogP) is 5.58. The van der Waals surface area contributed by atoms with Crippen LogP contribution in [0.1, 0.15) is 33.9 Å². The van der Waals surface area contributed by atoms with E-state index in [-0.39, 0.29) is 18.6 Å². The Morgan fingerprint density at radius 3 is 2.03 bits per heavy atom. The Bertz CT molecular complexity index is 1440. The maximum Gasteiger partial charge on any atom is 0.246 e. The highest BCUT2D eigenvalue weighted by Crippen LogP contribution is 2.57. The number of carbonyl (C=O) groups is 1. The Balaban J connectivity index is 1.46. The summed E-state index contributed by atoms with van der Waals surface area (Å²) in [6.07, 6.45) is 0. The van der Waals surface area contributed by atoms with Crippen molar-refractivity contribution in [3.63, 3.8) is 0 Å². The van der Waals surface area contributed by atoms with Gasteiger partial charge in [-0.2, -0.15) is 0 Å². The molecular formula is C31H25NO4. The highest BCUT2D eigenvalue weighted by molar-refractivity contribution is 6.12. The van der Waals surface area contributed by atoms with Gasteiger partial charge in [0.2, 0.25) is 5.91 Å². The van der Waals surface area contributed by atoms with Gasteiger partial charge in [0.25, 0.3) is 0 Å². The molecule has 178 valence electrons. The number of carbonyl (C=O) groups excluding carboxylic acids is 1. The number of ether oxygens (including phenoxy) is 3. The molecule has 1 unspecified atom stereocenters. The number of benzene rings is 4. The molecule has 0 aromatic heterocycles. The zero-order valence-corrected chi connectivity index (χ0v) is 19.9. The maximum atomic E-state index is 14.8. The normalized spacial score (nSPS) is 19.4. The summed E-state index contributed by atoms with van der Waals surface area (Å²) in [5, 5.41) is 0. The fourth-order valence-electron chi connectivity index (χ4n) is 5.84. The highest BCUT2D eigenvalue weighted by Gasteiger charge is 2.58. The average molecular weight is 476 g/mol. The first-order valence-corrected chi connectivity index (χ1v) is 12.3. The summed E-state index contributed by atoms with van der Waals surface area (Å²) < 4.78 is 17.9. The molecule has 4 aromatic carbocycles. The van der Waals surface area contributed by atoms with E-state index < -0.39 is 5.41 Å². The second-order valence-electron chi connectivity index (χ2n) is 9.61. The Labute approximate surface area is 209 Å². The van der Waals surface area contributed by atoms with Gasteiger partial charge in [0.15, 0.2) is 11.5 Å². The van der Waals surface area contributed by atoms with Crippen molar-refractivity contribution < 1.29 is 19.0 Å². The van der Waals surface area contributed by atoms with E-state index >= 15 is 0 Å². The first-order valence-electron chi connectivity index (χ1n) is 12.3. The summed E-state index contributed by atoms with van der Waals surface area (Å²) in [4.78, 5) is 16.8. The number of hydrogen-bond donors (Lipinski definition) is 0. The molecule has 3 aliphatic rings. The summed E-state index contributed by atoms with van der Waals surface area (Å²) in [5.74, 6) is 2.01. The molecule has 4 aromatic rings. The minimum absolute atomic E-state index is 0.0104. The molecule has 0 bridgehead atoms. The molecule has 1 spiro atoms. The van der Waals surface area contributed by atoms with E-state index in [1.807, 2.05) is 53.4 Å². The fraction of sp³-hybridized carbons (Fsp3) is 0.194. The van der Waals surface area contributed by atoms with Crippen LogP contribution in [-0.2, 0) is 10.2 Å². The van der Waals surface area contributed by atoms with E-state index in [0.29, 0.717) is 30.5 Å². The average Bonchev–Trinajstić information content (AvgIpc) is 3.40. The van der Waals surface area contributed by atoms with Crippen molar-refractivity contribution in [1.29, 1.82) is 0 Å². The summed E-state index contributed by atoms with van der Waals surface area (Å²) in [6, 6.07) is 30.3. The SMILES string of the molecule is Cc1ccc2c(c1)C1(COc3cc4c(cc31)OCCO4)C(=O)N2C(c1ccccc1)c1ccccc1. The van der Waals surface area contributed by atoms with E-state index in [0.717, 1.165) is 33.5 Å². The van der Waals surface area contributed by atoms with Gasteiger partial charge in [-0.15, -0.1) is 0 Å². The number of hydrogen-bond acceptors (Lipinski definition) is 4. The first-order chi connectivity index (χ1) is 17.7. The van der Waals surface area contributed by atoms with Crippen LogP contribution in [0.25, 0.3) is 0 Å². The van der Waals surface area contributed by atoms with Crippen LogP contribution in [-0.4, -0.2) is 25.7 Å². The largest absolute Gasteiger partial charge is 0.491 e. The lowest BCUT2D eigenvalue weighted by molar-refractivity contribution is -0.122. The van der Waals surface area contributed by atoms with E-state index in [1.54, 1.807) is 0 Å². The van der Waals surface area contributed by atoms with Crippen molar-refractivity contribution in [2.24, 2.45) is 0 Å². The topological polar surface area (TPSA) is 48.0 Å². The number of fused-ring (bicyclic) bond motifs is 5. The molecule has 0 aliphatic carbocycles. The van der Waals surface area contributed by atoms with Gasteiger partial charge >= 0.3 is 0 Å². The second kappa shape index (κ2) is 7.89. The van der Waals surface area contributed by atoms with Crippen LogP contribution in [0.3, 0.4) is 0 Å². The summed E-state index contributed by atoms with van der Waals surface area (Å²) in [7, 11) is 0. The lowest BCUT2D eigenvalue weighted by Gasteiger charge is -2.31. The minimum Gasteiger partial charge on any atom is -0.491 e. The van der Waals surface area contributed by atoms with Gasteiger partial charge in [0.1, 0.15) is 31.0 Å². The van der Waals surface area contributed by atoms with Crippen molar-refractivity contribution in [3.8, 4) is 17.2 Å². The van der Waals surface area contributed by atoms with Crippen molar-refractivity contribution in [3.05, 3.63) is 119 Å². The van der Waals surface area contributed by atoms with E-state index in [4.69, 9.17) is 14.2 Å². The van der Waals surface area contributed by atoms with Gasteiger partial charge in [-0.1, -0.05) is 78.4 Å². The zero-order chi connectivity index (χ0) is 24.3. The summed E-state index contributed by atoms with van der Waals surface area (Å²) in [6.45, 7) is 3.29. The molecule has 3 aliphatic heterocycles. The molecule has 3 heterocycles. The number of rotatable bonds is 3. The van der Waals surface area contributed by atoms with Crippen LogP contribution in [0.4, 0.5) is 5.69 Å². The quantitative estimate of drug-likeness (QED) is 0.388. The van der Waals surface area contributed by atoms with Crippen LogP contribution in [0, 0.1) is 6.92 Å². The third-order valence-electron chi connectivity index (χ3n) is 7.49. The molecule has 0 saturated heterocycles. The molecule has 0 fully saturated rings. The van der Waals surface area contributed by atoms with Gasteiger partial charge in [0.05, 0.1) is 6.04 Å². The second-order valence-corrected chi connectivity index (χ2v) is 9.61. The van der Waals surface area contributed by atoms with Crippen molar-refractivity contribution in [1.82, 2.24) is 0 Å². The van der Waals surface area contributed by atoms with E-state index in [2.05, 4.69) is 49.4 Å². The van der Waals surface area contributed by atoms with Gasteiger partial charge in [-0.3, -0.25) is 9.69 Å². The number of aryl methyl sites for hydroxylation is 1. The lowest BCUT2D eigenvalue weighted by atomic mass is 9.76. The number of nitrogens with zero attached hydrogens (tertiary/aromatic N) is 1. The Hall–Kier alpha value is -4.25. The number of amides is 1. The molecule has 1 atom stereocenters. The van der Waals surface area contributed by atoms with Crippen molar-refractivity contribution >= 4 is 11.6 Å². The minimum atomic E-state index is -0.950. The molecule has 0 N–H and O–H groups in total. The Kier molecular flexibility index (Phi) is 4.61. The molecule has 0 saturated carbocycles. The monoisotopic (exact) mass is 475 g/mol. The molecule has 0 radical (unpaired) electrons. The third kappa shape index (κ3) is 2.92. The van der Waals surface area contributed by atoms with Gasteiger partial charge in [-0.25, -0.2) is 0 Å². The Morgan fingerprint density at radius 1 is 0.722 bits per heavy atom. The highest BCUT2D eigenvalue weighted by atomic mass is 16.6.